The summed E-state index contributed by atoms with van der Waals surface area (Å²) in [6.45, 7) is 7.17. The van der Waals surface area contributed by atoms with Crippen LogP contribution < -0.4 is 21.7 Å². The minimum Gasteiger partial charge on any atom is -1.00 e. The van der Waals surface area contributed by atoms with E-state index in [0.29, 0.717) is 0 Å². The van der Waals surface area contributed by atoms with E-state index in [4.69, 9.17) is 8.81 Å². The molecule has 1 rings (SSSR count). The molecule has 2 nitrogen and oxygen atoms in total. The summed E-state index contributed by atoms with van der Waals surface area (Å²) in [4.78, 5) is 0. The van der Waals surface area contributed by atoms with Crippen molar-refractivity contribution in [1.82, 2.24) is 0 Å². The Morgan fingerprint density at radius 2 is 1.94 bits per heavy atom. The van der Waals surface area contributed by atoms with Gasteiger partial charge in [-0.05, 0) is 0 Å². The van der Waals surface area contributed by atoms with Crippen LogP contribution in [-0.2, 0) is 3.07 Å². The first-order valence-electron chi connectivity index (χ1n) is 5.54. The summed E-state index contributed by atoms with van der Waals surface area (Å²) in [7, 11) is 0. The molecule has 0 bridgehead atoms. The quantitative estimate of drug-likeness (QED) is 0.691. The molecule has 16 heavy (non-hydrogen) atoms. The van der Waals surface area contributed by atoms with Crippen LogP contribution in [0.25, 0.3) is 0 Å². The Morgan fingerprint density at radius 3 is 2.44 bits per heavy atom. The predicted octanol–water partition coefficient (Wildman–Crippen LogP) is -1.03. The van der Waals surface area contributed by atoms with Gasteiger partial charge in [0, 0.05) is 0 Å². The zero-order valence-corrected chi connectivity index (χ0v) is 13.8. The van der Waals surface area contributed by atoms with E-state index >= 15 is 0 Å². The third-order valence-electron chi connectivity index (χ3n) is 2.39. The van der Waals surface area contributed by atoms with Crippen molar-refractivity contribution in [2.45, 2.75) is 31.2 Å². The molecule has 0 heterocycles. The van der Waals surface area contributed by atoms with Gasteiger partial charge >= 0.3 is 100 Å². The summed E-state index contributed by atoms with van der Waals surface area (Å²) in [6, 6.07) is 8.60. The van der Waals surface area contributed by atoms with Gasteiger partial charge in [-0.25, -0.2) is 0 Å². The molecule has 0 aliphatic carbocycles. The summed E-state index contributed by atoms with van der Waals surface area (Å²) in [5, 5.41) is 0. The maximum Gasteiger partial charge on any atom is -1.00 e. The average molecular weight is 348 g/mol. The first-order valence-corrected chi connectivity index (χ1v) is 10.1. The van der Waals surface area contributed by atoms with Crippen LogP contribution >= 0.6 is 0 Å². The molecule has 90 valence electrons. The first-order chi connectivity index (χ1) is 7.20. The summed E-state index contributed by atoms with van der Waals surface area (Å²) in [6.07, 6.45) is 0. The average Bonchev–Trinajstić information content (AvgIpc) is 2.26. The van der Waals surface area contributed by atoms with Crippen LogP contribution in [-0.4, -0.2) is 26.8 Å². The second-order valence-electron chi connectivity index (χ2n) is 3.59. The second kappa shape index (κ2) is 8.34. The molecule has 4 heteroatoms. The van der Waals surface area contributed by atoms with Gasteiger partial charge in [0.05, 0.1) is 0 Å². The Kier molecular flexibility index (Phi) is 8.46. The number of halogens is 1. The minimum atomic E-state index is -1.84. The van der Waals surface area contributed by atoms with E-state index in [-0.39, 0.29) is 18.4 Å². The van der Waals surface area contributed by atoms with E-state index in [1.165, 1.54) is 13.6 Å². The smallest absolute Gasteiger partial charge is 1.00 e. The van der Waals surface area contributed by atoms with Gasteiger partial charge in [-0.3, -0.25) is 0 Å². The molecule has 0 saturated carbocycles. The number of nitrogens with two attached hydrogens (primary N) is 1. The van der Waals surface area contributed by atoms with E-state index in [1.54, 1.807) is 0 Å². The summed E-state index contributed by atoms with van der Waals surface area (Å²) < 4.78 is 8.52. The van der Waals surface area contributed by atoms with Gasteiger partial charge in [-0.1, -0.05) is 0 Å². The molecule has 1 unspecified atom stereocenters. The van der Waals surface area contributed by atoms with Crippen LogP contribution in [0.4, 0.5) is 0 Å². The summed E-state index contributed by atoms with van der Waals surface area (Å²) in [5.41, 5.74) is 7.26. The molecule has 0 spiro atoms. The van der Waals surface area contributed by atoms with Crippen LogP contribution in [0, 0.1) is 0 Å². The monoisotopic (exact) mass is 349 g/mol. The van der Waals surface area contributed by atoms with Gasteiger partial charge in [-0.15, -0.1) is 0 Å². The van der Waals surface area contributed by atoms with E-state index in [1.807, 2.05) is 6.92 Å². The SMILES string of the molecule is CC[O][Sn+]([CH2]C)[c]1ccccc1C(C)N.[Cl-]. The number of hydrogen-bond acceptors (Lipinski definition) is 2. The van der Waals surface area contributed by atoms with Crippen molar-refractivity contribution in [1.29, 1.82) is 0 Å². The molecule has 1 aromatic carbocycles. The Balaban J connectivity index is 0.00000225. The fraction of sp³-hybridized carbons (Fsp3) is 0.500. The molecular weight excluding hydrogens is 328 g/mol. The Bertz CT molecular complexity index is 307. The molecule has 0 aliphatic heterocycles. The van der Waals surface area contributed by atoms with Crippen molar-refractivity contribution in [3.63, 3.8) is 0 Å². The van der Waals surface area contributed by atoms with E-state index in [2.05, 4.69) is 38.1 Å². The van der Waals surface area contributed by atoms with Crippen molar-refractivity contribution >= 4 is 23.8 Å². The van der Waals surface area contributed by atoms with Crippen LogP contribution in [0.3, 0.4) is 0 Å². The molecule has 2 N–H and O–H groups in total. The van der Waals surface area contributed by atoms with Gasteiger partial charge in [0.1, 0.15) is 0 Å². The van der Waals surface area contributed by atoms with Crippen LogP contribution in [0.15, 0.2) is 24.3 Å². The minimum absolute atomic E-state index is 0. The number of hydrogen-bond donors (Lipinski definition) is 1. The van der Waals surface area contributed by atoms with Gasteiger partial charge in [0.25, 0.3) is 0 Å². The zero-order chi connectivity index (χ0) is 11.3. The Hall–Kier alpha value is 0.229. The fourth-order valence-corrected chi connectivity index (χ4v) is 7.41. The van der Waals surface area contributed by atoms with E-state index in [0.717, 1.165) is 6.61 Å². The third-order valence-corrected chi connectivity index (χ3v) is 9.06. The molecule has 1 atom stereocenters. The standard InChI is InChI=1S/C8H10N.C2H5O.C2H5.ClH.Sn/c1-7(9)8-5-3-2-4-6-8;1-2-3;1-2;;/h2-5,7H,9H2,1H3;2H2,1H3;1H2,2H3;1H;/q;-1;;;+2/p-1. The van der Waals surface area contributed by atoms with Crippen LogP contribution in [0.2, 0.25) is 4.44 Å². The second-order valence-corrected chi connectivity index (χ2v) is 10.4. The van der Waals surface area contributed by atoms with Crippen LogP contribution in [0.1, 0.15) is 32.4 Å². The van der Waals surface area contributed by atoms with Gasteiger partial charge in [-0.2, -0.15) is 0 Å². The molecule has 0 aliphatic rings. The summed E-state index contributed by atoms with van der Waals surface area (Å²) in [5.74, 6) is 0. The molecule has 0 aromatic heterocycles. The maximum atomic E-state index is 5.98. The topological polar surface area (TPSA) is 35.2 Å². The molecule has 1 aromatic rings. The normalized spacial score (nSPS) is 11.8. The molecule has 0 saturated heterocycles. The van der Waals surface area contributed by atoms with E-state index in [9.17, 15) is 0 Å². The Labute approximate surface area is 112 Å². The molecular formula is C12H20ClNOSn. The van der Waals surface area contributed by atoms with Crippen molar-refractivity contribution in [3.05, 3.63) is 29.8 Å². The predicted molar refractivity (Wildman–Crippen MR) is 66.5 cm³/mol. The molecule has 0 amide bonds. The van der Waals surface area contributed by atoms with Gasteiger partial charge < -0.3 is 12.4 Å². The number of rotatable bonds is 5. The van der Waals surface area contributed by atoms with E-state index < -0.39 is 20.2 Å². The van der Waals surface area contributed by atoms with Crippen molar-refractivity contribution in [3.8, 4) is 0 Å². The number of benzene rings is 1. The van der Waals surface area contributed by atoms with Gasteiger partial charge in [0.15, 0.2) is 0 Å². The maximum absolute atomic E-state index is 5.98. The fourth-order valence-electron chi connectivity index (χ4n) is 1.69. The van der Waals surface area contributed by atoms with Crippen molar-refractivity contribution in [2.75, 3.05) is 6.61 Å². The van der Waals surface area contributed by atoms with Crippen molar-refractivity contribution in [2.24, 2.45) is 5.73 Å². The van der Waals surface area contributed by atoms with Gasteiger partial charge in [0.2, 0.25) is 0 Å². The third kappa shape index (κ3) is 4.24. The molecule has 0 fully saturated rings. The van der Waals surface area contributed by atoms with Crippen LogP contribution in [0.5, 0.6) is 0 Å². The van der Waals surface area contributed by atoms with Crippen molar-refractivity contribution < 1.29 is 15.5 Å². The zero-order valence-electron chi connectivity index (χ0n) is 10.2. The Morgan fingerprint density at radius 1 is 1.31 bits per heavy atom. The first kappa shape index (κ1) is 16.2. The largest absolute Gasteiger partial charge is 1.00 e. The summed E-state index contributed by atoms with van der Waals surface area (Å²) >= 11 is -1.84. The molecule has 0 radical (unpaired) electrons.